The molecule has 62 valence electrons. The molecule has 0 saturated carbocycles. The van der Waals surface area contributed by atoms with Crippen LogP contribution in [0, 0.1) is 0 Å². The molecule has 5 nitrogen and oxygen atoms in total. The highest BCUT2D eigenvalue weighted by atomic mass is 35.5. The van der Waals surface area contributed by atoms with E-state index >= 15 is 0 Å². The van der Waals surface area contributed by atoms with Crippen LogP contribution in [0.25, 0.3) is 5.52 Å². The van der Waals surface area contributed by atoms with E-state index < -0.39 is 6.01 Å². The Hall–Kier alpha value is -1.49. The quantitative estimate of drug-likeness (QED) is 0.637. The highest BCUT2D eigenvalue weighted by Crippen LogP contribution is 2.25. The second kappa shape index (κ2) is 2.25. The summed E-state index contributed by atoms with van der Waals surface area (Å²) < 4.78 is 1.25. The van der Waals surface area contributed by atoms with Gasteiger partial charge in [-0.25, -0.2) is 4.52 Å². The van der Waals surface area contributed by atoms with Crippen LogP contribution in [0.3, 0.4) is 0 Å². The first kappa shape index (κ1) is 7.17. The molecule has 0 saturated heterocycles. The lowest BCUT2D eigenvalue weighted by Gasteiger charge is -1.96. The molecule has 2 heterocycles. The largest absolute Gasteiger partial charge is 0.492 e. The Morgan fingerprint density at radius 2 is 2.17 bits per heavy atom. The molecule has 2 aromatic rings. The van der Waals surface area contributed by atoms with Gasteiger partial charge in [-0.05, 0) is 6.07 Å². The Bertz CT molecular complexity index is 440. The molecule has 0 unspecified atom stereocenters. The molecule has 0 bridgehead atoms. The summed E-state index contributed by atoms with van der Waals surface area (Å²) in [5, 5.41) is 22.0. The maximum absolute atomic E-state index is 9.21. The van der Waals surface area contributed by atoms with Gasteiger partial charge in [0.1, 0.15) is 5.52 Å². The number of halogens is 1. The van der Waals surface area contributed by atoms with Gasteiger partial charge in [-0.3, -0.25) is 0 Å². The van der Waals surface area contributed by atoms with E-state index in [2.05, 4.69) is 10.1 Å². The van der Waals surface area contributed by atoms with Gasteiger partial charge in [-0.1, -0.05) is 11.6 Å². The first-order chi connectivity index (χ1) is 5.68. The third kappa shape index (κ3) is 0.868. The molecule has 6 heteroatoms. The van der Waals surface area contributed by atoms with Crippen molar-refractivity contribution in [1.82, 2.24) is 14.6 Å². The van der Waals surface area contributed by atoms with Gasteiger partial charge in [-0.2, -0.15) is 4.98 Å². The lowest BCUT2D eigenvalue weighted by molar-refractivity contribution is 0.389. The Labute approximate surface area is 71.8 Å². The van der Waals surface area contributed by atoms with E-state index in [1.54, 1.807) is 6.07 Å². The average Bonchev–Trinajstić information content (AvgIpc) is 2.31. The molecule has 0 atom stereocenters. The van der Waals surface area contributed by atoms with Crippen molar-refractivity contribution < 1.29 is 10.2 Å². The molecule has 0 aliphatic carbocycles. The zero-order chi connectivity index (χ0) is 8.72. The molecular formula is C6H4ClN3O2. The third-order valence-electron chi connectivity index (χ3n) is 1.43. The van der Waals surface area contributed by atoms with E-state index in [0.717, 1.165) is 0 Å². The van der Waals surface area contributed by atoms with E-state index in [9.17, 15) is 5.11 Å². The van der Waals surface area contributed by atoms with Crippen molar-refractivity contribution in [3.8, 4) is 11.9 Å². The number of aromatic hydroxyl groups is 2. The van der Waals surface area contributed by atoms with Crippen LogP contribution in [-0.4, -0.2) is 24.8 Å². The summed E-state index contributed by atoms with van der Waals surface area (Å²) in [5.41, 5.74) is 0.287. The predicted molar refractivity (Wildman–Crippen MR) is 41.3 cm³/mol. The van der Waals surface area contributed by atoms with Crippen molar-refractivity contribution in [1.29, 1.82) is 0 Å². The average molecular weight is 186 g/mol. The highest BCUT2D eigenvalue weighted by molar-refractivity contribution is 6.34. The summed E-state index contributed by atoms with van der Waals surface area (Å²) in [6.45, 7) is 0. The fraction of sp³-hybridized carbons (Fsp3) is 0. The highest BCUT2D eigenvalue weighted by Gasteiger charge is 2.08. The van der Waals surface area contributed by atoms with E-state index in [0.29, 0.717) is 5.02 Å². The number of hydrogen-bond acceptors (Lipinski definition) is 4. The van der Waals surface area contributed by atoms with Crippen LogP contribution in [-0.2, 0) is 0 Å². The van der Waals surface area contributed by atoms with E-state index in [1.165, 1.54) is 10.7 Å². The minimum Gasteiger partial charge on any atom is -0.492 e. The van der Waals surface area contributed by atoms with Crippen molar-refractivity contribution in [2.45, 2.75) is 0 Å². The van der Waals surface area contributed by atoms with Crippen LogP contribution < -0.4 is 0 Å². The lowest BCUT2D eigenvalue weighted by Crippen LogP contribution is -1.92. The van der Waals surface area contributed by atoms with Gasteiger partial charge in [0.25, 0.3) is 0 Å². The molecule has 2 N–H and O–H groups in total. The van der Waals surface area contributed by atoms with Gasteiger partial charge in [0.2, 0.25) is 5.88 Å². The number of fused-ring (bicyclic) bond motifs is 1. The van der Waals surface area contributed by atoms with Gasteiger partial charge >= 0.3 is 6.01 Å². The minimum atomic E-state index is -0.493. The lowest BCUT2D eigenvalue weighted by atomic mass is 10.5. The van der Waals surface area contributed by atoms with Gasteiger partial charge < -0.3 is 10.2 Å². The fourth-order valence-corrected chi connectivity index (χ4v) is 1.19. The van der Waals surface area contributed by atoms with Gasteiger partial charge in [0.05, 0.1) is 5.02 Å². The van der Waals surface area contributed by atoms with E-state index in [1.807, 2.05) is 0 Å². The van der Waals surface area contributed by atoms with Crippen molar-refractivity contribution >= 4 is 17.1 Å². The van der Waals surface area contributed by atoms with Crippen LogP contribution in [0.15, 0.2) is 12.3 Å². The summed E-state index contributed by atoms with van der Waals surface area (Å²) in [5.74, 6) is -0.336. The maximum Gasteiger partial charge on any atom is 0.335 e. The van der Waals surface area contributed by atoms with E-state index in [-0.39, 0.29) is 11.4 Å². The van der Waals surface area contributed by atoms with Crippen molar-refractivity contribution in [2.75, 3.05) is 0 Å². The molecule has 0 spiro atoms. The van der Waals surface area contributed by atoms with Gasteiger partial charge in [0, 0.05) is 6.20 Å². The predicted octanol–water partition coefficient (Wildman–Crippen LogP) is 0.794. The van der Waals surface area contributed by atoms with Crippen molar-refractivity contribution in [3.05, 3.63) is 17.3 Å². The van der Waals surface area contributed by atoms with Crippen molar-refractivity contribution in [2.24, 2.45) is 0 Å². The molecule has 0 radical (unpaired) electrons. The molecule has 2 aromatic heterocycles. The smallest absolute Gasteiger partial charge is 0.335 e. The SMILES string of the molecule is Oc1nc(O)c2c(Cl)ccn2n1. The molecule has 0 amide bonds. The van der Waals surface area contributed by atoms with Crippen molar-refractivity contribution in [3.63, 3.8) is 0 Å². The van der Waals surface area contributed by atoms with Crippen LogP contribution >= 0.6 is 11.6 Å². The third-order valence-corrected chi connectivity index (χ3v) is 1.74. The topological polar surface area (TPSA) is 70.7 Å². The van der Waals surface area contributed by atoms with Gasteiger partial charge in [0.15, 0.2) is 0 Å². The summed E-state index contributed by atoms with van der Waals surface area (Å²) in [4.78, 5) is 3.33. The Kier molecular flexibility index (Phi) is 1.34. The molecule has 0 aliphatic heterocycles. The summed E-state index contributed by atoms with van der Waals surface area (Å²) >= 11 is 5.69. The molecule has 0 fully saturated rings. The number of hydrogen-bond donors (Lipinski definition) is 2. The molecule has 12 heavy (non-hydrogen) atoms. The van der Waals surface area contributed by atoms with Crippen LogP contribution in [0.4, 0.5) is 0 Å². The fourth-order valence-electron chi connectivity index (χ4n) is 0.958. The molecule has 2 rings (SSSR count). The summed E-state index contributed by atoms with van der Waals surface area (Å²) in [6, 6.07) is 1.05. The number of rotatable bonds is 0. The normalized spacial score (nSPS) is 10.8. The zero-order valence-corrected chi connectivity index (χ0v) is 6.52. The summed E-state index contributed by atoms with van der Waals surface area (Å²) in [6.07, 6.45) is 1.51. The number of aromatic nitrogens is 3. The second-order valence-corrected chi connectivity index (χ2v) is 2.60. The van der Waals surface area contributed by atoms with Gasteiger partial charge in [-0.15, -0.1) is 5.10 Å². The van der Waals surface area contributed by atoms with Crippen LogP contribution in [0.5, 0.6) is 11.9 Å². The molecule has 0 aliphatic rings. The standard InChI is InChI=1S/C6H4ClN3O2/c7-3-1-2-10-4(3)5(11)8-6(12)9-10/h1-2H,(H2,8,9,11,12). The zero-order valence-electron chi connectivity index (χ0n) is 5.77. The molecular weight excluding hydrogens is 182 g/mol. The Balaban J connectivity index is 2.93. The Morgan fingerprint density at radius 1 is 1.42 bits per heavy atom. The van der Waals surface area contributed by atoms with E-state index in [4.69, 9.17) is 16.7 Å². The monoisotopic (exact) mass is 185 g/mol. The van der Waals surface area contributed by atoms with Crippen LogP contribution in [0.1, 0.15) is 0 Å². The second-order valence-electron chi connectivity index (χ2n) is 2.19. The minimum absolute atomic E-state index is 0.287. The molecule has 0 aromatic carbocycles. The Morgan fingerprint density at radius 3 is 2.92 bits per heavy atom. The maximum atomic E-state index is 9.21. The van der Waals surface area contributed by atoms with Crippen LogP contribution in [0.2, 0.25) is 5.02 Å². The number of nitrogens with zero attached hydrogens (tertiary/aromatic N) is 3. The first-order valence-corrected chi connectivity index (χ1v) is 3.49. The summed E-state index contributed by atoms with van der Waals surface area (Å²) in [7, 11) is 0. The first-order valence-electron chi connectivity index (χ1n) is 3.11.